The molecule has 0 spiro atoms. The summed E-state index contributed by atoms with van der Waals surface area (Å²) < 4.78 is 67.1. The lowest BCUT2D eigenvalue weighted by Crippen LogP contribution is -2.08. The van der Waals surface area contributed by atoms with Gasteiger partial charge in [-0.1, -0.05) is 24.3 Å². The first-order chi connectivity index (χ1) is 14.5. The fourth-order valence-electron chi connectivity index (χ4n) is 2.43. The summed E-state index contributed by atoms with van der Waals surface area (Å²) >= 11 is 0. The van der Waals surface area contributed by atoms with Gasteiger partial charge in [0.05, 0.1) is 4.92 Å². The number of nitro groups is 1. The predicted octanol–water partition coefficient (Wildman–Crippen LogP) is 5.96. The molecule has 3 aromatic rings. The number of halogens is 3. The fourth-order valence-corrected chi connectivity index (χ4v) is 3.24. The molecule has 12 heteroatoms. The average Bonchev–Trinajstić information content (AvgIpc) is 2.67. The summed E-state index contributed by atoms with van der Waals surface area (Å²) in [5.74, 6) is -1.00. The number of hydrogen-bond acceptors (Lipinski definition) is 6. The standard InChI is InChI=1S/C19H13F3NO7P/c20-19(21,22)17-11-13(23(24)25)9-10-18(17)28-15-7-4-8-16(12-15)30-31(26,27)29-14-5-2-1-3-6-14/h1-12H,(H,26,27). The van der Waals surface area contributed by atoms with E-state index in [1.54, 1.807) is 18.2 Å². The van der Waals surface area contributed by atoms with Gasteiger partial charge in [-0.15, -0.1) is 0 Å². The second kappa shape index (κ2) is 8.66. The Balaban J connectivity index is 1.82. The van der Waals surface area contributed by atoms with Gasteiger partial charge < -0.3 is 13.8 Å². The maximum absolute atomic E-state index is 13.3. The summed E-state index contributed by atoms with van der Waals surface area (Å²) in [7, 11) is -4.60. The minimum absolute atomic E-state index is 0.0708. The zero-order valence-electron chi connectivity index (χ0n) is 15.4. The molecular weight excluding hydrogens is 442 g/mol. The molecule has 0 fully saturated rings. The quantitative estimate of drug-likeness (QED) is 0.266. The number of phosphoric ester groups is 1. The molecule has 8 nitrogen and oxygen atoms in total. The molecule has 3 aromatic carbocycles. The molecule has 31 heavy (non-hydrogen) atoms. The Morgan fingerprint density at radius 3 is 2.13 bits per heavy atom. The molecule has 162 valence electrons. The number of ether oxygens (including phenoxy) is 1. The van der Waals surface area contributed by atoms with E-state index in [2.05, 4.69) is 0 Å². The maximum Gasteiger partial charge on any atom is 0.584 e. The summed E-state index contributed by atoms with van der Waals surface area (Å²) in [6.07, 6.45) is -4.92. The van der Waals surface area contributed by atoms with Crippen molar-refractivity contribution in [2.45, 2.75) is 6.18 Å². The lowest BCUT2D eigenvalue weighted by atomic mass is 10.1. The molecule has 1 N–H and O–H groups in total. The van der Waals surface area contributed by atoms with Crippen LogP contribution in [0.3, 0.4) is 0 Å². The van der Waals surface area contributed by atoms with E-state index in [4.69, 9.17) is 13.8 Å². The number of nitro benzene ring substituents is 1. The van der Waals surface area contributed by atoms with E-state index in [1.807, 2.05) is 0 Å². The lowest BCUT2D eigenvalue weighted by Gasteiger charge is -2.16. The second-order valence-corrected chi connectivity index (χ2v) is 7.28. The van der Waals surface area contributed by atoms with Crippen LogP contribution in [-0.4, -0.2) is 9.82 Å². The van der Waals surface area contributed by atoms with E-state index in [-0.39, 0.29) is 17.2 Å². The van der Waals surface area contributed by atoms with Crippen LogP contribution in [0.5, 0.6) is 23.0 Å². The predicted molar refractivity (Wildman–Crippen MR) is 102 cm³/mol. The third-order valence-electron chi connectivity index (χ3n) is 3.70. The number of hydrogen-bond donors (Lipinski definition) is 1. The zero-order chi connectivity index (χ0) is 22.6. The number of phosphoric acid groups is 1. The highest BCUT2D eigenvalue weighted by molar-refractivity contribution is 7.48. The first-order valence-corrected chi connectivity index (χ1v) is 9.94. The minimum Gasteiger partial charge on any atom is -0.457 e. The molecule has 0 saturated carbocycles. The van der Waals surface area contributed by atoms with Gasteiger partial charge in [-0.25, -0.2) is 4.57 Å². The third-order valence-corrected chi connectivity index (χ3v) is 4.58. The molecule has 1 unspecified atom stereocenters. The molecule has 3 rings (SSSR count). The van der Waals surface area contributed by atoms with Gasteiger partial charge in [0.15, 0.2) is 0 Å². The molecular formula is C19H13F3NO7P. The van der Waals surface area contributed by atoms with Crippen molar-refractivity contribution in [1.82, 2.24) is 0 Å². The number of alkyl halides is 3. The van der Waals surface area contributed by atoms with E-state index < -0.39 is 35.9 Å². The van der Waals surface area contributed by atoms with E-state index >= 15 is 0 Å². The van der Waals surface area contributed by atoms with Crippen molar-refractivity contribution in [1.29, 1.82) is 0 Å². The van der Waals surface area contributed by atoms with Crippen molar-refractivity contribution in [2.75, 3.05) is 0 Å². The second-order valence-electron chi connectivity index (χ2n) is 5.98. The normalized spacial score (nSPS) is 13.2. The van der Waals surface area contributed by atoms with E-state index in [9.17, 15) is 32.7 Å². The van der Waals surface area contributed by atoms with Crippen LogP contribution >= 0.6 is 7.82 Å². The van der Waals surface area contributed by atoms with Crippen LogP contribution in [0.1, 0.15) is 5.56 Å². The number of nitrogens with zero attached hydrogens (tertiary/aromatic N) is 1. The number of para-hydroxylation sites is 1. The molecule has 0 saturated heterocycles. The van der Waals surface area contributed by atoms with E-state index in [0.29, 0.717) is 6.07 Å². The largest absolute Gasteiger partial charge is 0.584 e. The van der Waals surface area contributed by atoms with Gasteiger partial charge in [0.25, 0.3) is 5.69 Å². The number of benzene rings is 3. The third kappa shape index (κ3) is 5.97. The lowest BCUT2D eigenvalue weighted by molar-refractivity contribution is -0.385. The first-order valence-electron chi connectivity index (χ1n) is 8.44. The van der Waals surface area contributed by atoms with Crippen molar-refractivity contribution in [3.63, 3.8) is 0 Å². The van der Waals surface area contributed by atoms with Gasteiger partial charge in [0, 0.05) is 18.2 Å². The summed E-state index contributed by atoms with van der Waals surface area (Å²) in [6, 6.07) is 14.6. The summed E-state index contributed by atoms with van der Waals surface area (Å²) in [5, 5.41) is 10.8. The Hall–Kier alpha value is -3.56. The molecule has 0 amide bonds. The van der Waals surface area contributed by atoms with Crippen LogP contribution in [0.25, 0.3) is 0 Å². The SMILES string of the molecule is O=[N+]([O-])c1ccc(Oc2cccc(OP(=O)(O)Oc3ccccc3)c2)c(C(F)(F)F)c1. The van der Waals surface area contributed by atoms with Gasteiger partial charge in [-0.2, -0.15) is 13.2 Å². The fraction of sp³-hybridized carbons (Fsp3) is 0.0526. The van der Waals surface area contributed by atoms with Gasteiger partial charge in [0.2, 0.25) is 0 Å². The topological polar surface area (TPSA) is 108 Å². The highest BCUT2D eigenvalue weighted by Crippen LogP contribution is 2.45. The van der Waals surface area contributed by atoms with Gasteiger partial charge >= 0.3 is 14.0 Å². The molecule has 0 aliphatic rings. The number of non-ortho nitro benzene ring substituents is 1. The van der Waals surface area contributed by atoms with Gasteiger partial charge in [0.1, 0.15) is 28.6 Å². The van der Waals surface area contributed by atoms with E-state index in [1.165, 1.54) is 30.3 Å². The van der Waals surface area contributed by atoms with Crippen LogP contribution in [0.2, 0.25) is 0 Å². The monoisotopic (exact) mass is 455 g/mol. The minimum atomic E-state index is -4.92. The number of rotatable bonds is 7. The van der Waals surface area contributed by atoms with Gasteiger partial charge in [-0.3, -0.25) is 15.0 Å². The van der Waals surface area contributed by atoms with Crippen molar-refractivity contribution < 1.29 is 41.3 Å². The van der Waals surface area contributed by atoms with Crippen molar-refractivity contribution in [3.05, 3.63) is 88.5 Å². The first kappa shape index (κ1) is 22.1. The Bertz CT molecular complexity index is 1140. The Morgan fingerprint density at radius 2 is 1.48 bits per heavy atom. The molecule has 0 aromatic heterocycles. The zero-order valence-corrected chi connectivity index (χ0v) is 16.2. The van der Waals surface area contributed by atoms with Crippen molar-refractivity contribution in [3.8, 4) is 23.0 Å². The Labute approximate surface area is 173 Å². The van der Waals surface area contributed by atoms with Gasteiger partial charge in [-0.05, 0) is 30.3 Å². The maximum atomic E-state index is 13.3. The molecule has 0 bridgehead atoms. The van der Waals surface area contributed by atoms with Crippen molar-refractivity contribution >= 4 is 13.5 Å². The molecule has 0 aliphatic heterocycles. The molecule has 0 radical (unpaired) electrons. The van der Waals surface area contributed by atoms with Crippen LogP contribution < -0.4 is 13.8 Å². The van der Waals surface area contributed by atoms with Crippen molar-refractivity contribution in [2.24, 2.45) is 0 Å². The van der Waals surface area contributed by atoms with Crippen LogP contribution in [0, 0.1) is 10.1 Å². The highest BCUT2D eigenvalue weighted by atomic mass is 31.2. The molecule has 1 atom stereocenters. The highest BCUT2D eigenvalue weighted by Gasteiger charge is 2.36. The summed E-state index contributed by atoms with van der Waals surface area (Å²) in [6.45, 7) is 0. The summed E-state index contributed by atoms with van der Waals surface area (Å²) in [4.78, 5) is 19.7. The average molecular weight is 455 g/mol. The summed E-state index contributed by atoms with van der Waals surface area (Å²) in [5.41, 5.74) is -2.11. The van der Waals surface area contributed by atoms with Crippen LogP contribution in [-0.2, 0) is 10.7 Å². The molecule has 0 heterocycles. The Kier molecular flexibility index (Phi) is 6.19. The van der Waals surface area contributed by atoms with Crippen LogP contribution in [0.15, 0.2) is 72.8 Å². The van der Waals surface area contributed by atoms with E-state index in [0.717, 1.165) is 18.2 Å². The smallest absolute Gasteiger partial charge is 0.457 e. The Morgan fingerprint density at radius 1 is 0.871 bits per heavy atom. The molecule has 0 aliphatic carbocycles. The van der Waals surface area contributed by atoms with Crippen LogP contribution in [0.4, 0.5) is 18.9 Å².